The van der Waals surface area contributed by atoms with Crippen molar-refractivity contribution in [1.29, 1.82) is 0 Å². The van der Waals surface area contributed by atoms with E-state index in [1.54, 1.807) is 66.6 Å². The van der Waals surface area contributed by atoms with Gasteiger partial charge in [0, 0.05) is 12.4 Å². The van der Waals surface area contributed by atoms with Crippen LogP contribution in [0.3, 0.4) is 0 Å². The molecule has 0 aliphatic rings. The van der Waals surface area contributed by atoms with Crippen LogP contribution in [0.25, 0.3) is 28.5 Å². The van der Waals surface area contributed by atoms with Crippen molar-refractivity contribution in [2.45, 2.75) is 0 Å². The third-order valence-electron chi connectivity index (χ3n) is 3.90. The van der Waals surface area contributed by atoms with Crippen LogP contribution in [-0.2, 0) is 0 Å². The maximum absolute atomic E-state index is 11.5. The van der Waals surface area contributed by atoms with Crippen LogP contribution in [0.2, 0.25) is 0 Å². The smallest absolute Gasteiger partial charge is 0.411 e. The predicted octanol–water partition coefficient (Wildman–Crippen LogP) is 3.06. The lowest BCUT2D eigenvalue weighted by Crippen LogP contribution is -2.19. The zero-order valence-electron chi connectivity index (χ0n) is 14.8. The highest BCUT2D eigenvalue weighted by Gasteiger charge is 2.22. The van der Waals surface area contributed by atoms with E-state index < -0.39 is 6.09 Å². The molecule has 0 radical (unpaired) electrons. The fourth-order valence-corrected chi connectivity index (χ4v) is 2.68. The molecule has 4 aromatic rings. The first-order valence-corrected chi connectivity index (χ1v) is 8.23. The molecule has 0 spiro atoms. The second-order valence-electron chi connectivity index (χ2n) is 5.63. The molecule has 140 valence electrons. The number of furan rings is 1. The predicted molar refractivity (Wildman–Crippen MR) is 99.1 cm³/mol. The molecule has 0 unspecified atom stereocenters. The lowest BCUT2D eigenvalue weighted by atomic mass is 10.1. The van der Waals surface area contributed by atoms with Crippen LogP contribution >= 0.6 is 0 Å². The quantitative estimate of drug-likeness (QED) is 0.568. The largest absolute Gasteiger partial charge is 0.497 e. The van der Waals surface area contributed by atoms with E-state index in [0.717, 1.165) is 0 Å². The fourth-order valence-electron chi connectivity index (χ4n) is 2.68. The average Bonchev–Trinajstić information content (AvgIpc) is 3.41. The maximum atomic E-state index is 11.5. The van der Waals surface area contributed by atoms with E-state index in [0.29, 0.717) is 28.5 Å². The van der Waals surface area contributed by atoms with Crippen molar-refractivity contribution in [2.75, 3.05) is 7.11 Å². The number of methoxy groups -OCH3 is 1. The molecule has 0 saturated carbocycles. The molecule has 0 atom stereocenters. The number of carbonyl (C=O) groups is 1. The molecule has 1 aromatic carbocycles. The summed E-state index contributed by atoms with van der Waals surface area (Å²) < 4.78 is 17.3. The Hall–Kier alpha value is -4.14. The number of amides is 1. The average molecular weight is 377 g/mol. The van der Waals surface area contributed by atoms with Crippen LogP contribution in [0.1, 0.15) is 0 Å². The normalized spacial score (nSPS) is 10.6. The molecule has 0 saturated heterocycles. The van der Waals surface area contributed by atoms with Crippen molar-refractivity contribution in [3.8, 4) is 40.2 Å². The zero-order valence-corrected chi connectivity index (χ0v) is 14.8. The number of hydrogen-bond donors (Lipinski definition) is 1. The van der Waals surface area contributed by atoms with Crippen LogP contribution in [0.15, 0.2) is 65.5 Å². The molecule has 0 bridgehead atoms. The lowest BCUT2D eigenvalue weighted by molar-refractivity contribution is 0.209. The highest BCUT2D eigenvalue weighted by atomic mass is 16.6. The Bertz CT molecular complexity index is 1090. The number of hydrogen-bond acceptors (Lipinski definition) is 7. The van der Waals surface area contributed by atoms with Gasteiger partial charge in [-0.1, -0.05) is 12.1 Å². The summed E-state index contributed by atoms with van der Waals surface area (Å²) in [5, 5.41) is 4.25. The number of ether oxygens (including phenoxy) is 2. The summed E-state index contributed by atoms with van der Waals surface area (Å²) in [6, 6.07) is 12.3. The van der Waals surface area contributed by atoms with Gasteiger partial charge in [0.15, 0.2) is 11.6 Å². The Labute approximate surface area is 159 Å². The number of primary amides is 1. The lowest BCUT2D eigenvalue weighted by Gasteiger charge is -2.14. The number of benzene rings is 1. The van der Waals surface area contributed by atoms with Crippen molar-refractivity contribution in [1.82, 2.24) is 19.7 Å². The summed E-state index contributed by atoms with van der Waals surface area (Å²) >= 11 is 0. The Morgan fingerprint density at radius 1 is 1.14 bits per heavy atom. The summed E-state index contributed by atoms with van der Waals surface area (Å²) in [7, 11) is 1.58. The molecular formula is C19H15N5O4. The summed E-state index contributed by atoms with van der Waals surface area (Å²) in [4.78, 5) is 20.4. The minimum atomic E-state index is -0.995. The Morgan fingerprint density at radius 2 is 1.96 bits per heavy atom. The Kier molecular flexibility index (Phi) is 4.47. The number of nitrogens with two attached hydrogens (primary N) is 1. The van der Waals surface area contributed by atoms with Crippen LogP contribution in [0, 0.1) is 0 Å². The molecule has 9 heteroatoms. The van der Waals surface area contributed by atoms with Gasteiger partial charge in [-0.15, -0.1) is 0 Å². The van der Waals surface area contributed by atoms with Gasteiger partial charge in [-0.25, -0.2) is 14.5 Å². The molecule has 1 amide bonds. The third kappa shape index (κ3) is 3.28. The molecule has 3 heterocycles. The number of rotatable bonds is 5. The first-order chi connectivity index (χ1) is 13.7. The summed E-state index contributed by atoms with van der Waals surface area (Å²) in [6.07, 6.45) is 3.83. The van der Waals surface area contributed by atoms with Gasteiger partial charge in [-0.05, 0) is 35.9 Å². The van der Waals surface area contributed by atoms with Crippen molar-refractivity contribution < 1.29 is 18.7 Å². The summed E-state index contributed by atoms with van der Waals surface area (Å²) in [5.74, 6) is 1.69. The zero-order chi connectivity index (χ0) is 19.5. The van der Waals surface area contributed by atoms with E-state index in [1.165, 1.54) is 6.26 Å². The summed E-state index contributed by atoms with van der Waals surface area (Å²) in [5.41, 5.74) is 6.40. The molecule has 2 N–H and O–H groups in total. The number of carbonyl (C=O) groups excluding carboxylic acids is 1. The second-order valence-corrected chi connectivity index (χ2v) is 5.63. The van der Waals surface area contributed by atoms with Crippen LogP contribution < -0.4 is 15.2 Å². The first kappa shape index (κ1) is 17.3. The molecule has 4 rings (SSSR count). The van der Waals surface area contributed by atoms with E-state index in [-0.39, 0.29) is 11.7 Å². The monoisotopic (exact) mass is 377 g/mol. The molecule has 0 fully saturated rings. The molecule has 9 nitrogen and oxygen atoms in total. The first-order valence-electron chi connectivity index (χ1n) is 8.23. The molecule has 0 aliphatic heterocycles. The third-order valence-corrected chi connectivity index (χ3v) is 3.90. The number of nitrogens with zero attached hydrogens (tertiary/aromatic N) is 4. The van der Waals surface area contributed by atoms with Gasteiger partial charge < -0.3 is 19.6 Å². The minimum Gasteiger partial charge on any atom is -0.497 e. The van der Waals surface area contributed by atoms with Crippen molar-refractivity contribution in [2.24, 2.45) is 5.73 Å². The SMILES string of the molecule is COc1ccc(-c2c(OC(N)=O)nc(-c3ccco3)nc2-n2cccn2)cc1. The van der Waals surface area contributed by atoms with Gasteiger partial charge in [0.05, 0.1) is 18.9 Å². The van der Waals surface area contributed by atoms with E-state index in [4.69, 9.17) is 19.6 Å². The second kappa shape index (κ2) is 7.23. The van der Waals surface area contributed by atoms with Gasteiger partial charge in [-0.3, -0.25) is 0 Å². The Balaban J connectivity index is 1.98. The van der Waals surface area contributed by atoms with Crippen LogP contribution in [-0.4, -0.2) is 33.0 Å². The molecule has 28 heavy (non-hydrogen) atoms. The topological polar surface area (TPSA) is 118 Å². The highest BCUT2D eigenvalue weighted by Crippen LogP contribution is 2.36. The molecule has 3 aromatic heterocycles. The van der Waals surface area contributed by atoms with E-state index in [2.05, 4.69) is 15.1 Å². The molecule has 0 aliphatic carbocycles. The van der Waals surface area contributed by atoms with Crippen LogP contribution in [0.5, 0.6) is 11.6 Å². The van der Waals surface area contributed by atoms with E-state index >= 15 is 0 Å². The van der Waals surface area contributed by atoms with E-state index in [9.17, 15) is 4.79 Å². The maximum Gasteiger partial charge on any atom is 0.411 e. The van der Waals surface area contributed by atoms with Gasteiger partial charge in [0.1, 0.15) is 5.75 Å². The standard InChI is InChI=1S/C19H15N5O4/c1-26-13-7-5-12(6-8-13)15-17(24-10-3-9-21-24)22-16(14-4-2-11-27-14)23-18(15)28-19(20)25/h2-11H,1H3,(H2,20,25). The van der Waals surface area contributed by atoms with Crippen molar-refractivity contribution in [3.63, 3.8) is 0 Å². The molecular weight excluding hydrogens is 362 g/mol. The van der Waals surface area contributed by atoms with Crippen molar-refractivity contribution >= 4 is 6.09 Å². The van der Waals surface area contributed by atoms with Gasteiger partial charge >= 0.3 is 6.09 Å². The van der Waals surface area contributed by atoms with Gasteiger partial charge in [0.25, 0.3) is 0 Å². The van der Waals surface area contributed by atoms with E-state index in [1.807, 2.05) is 0 Å². The van der Waals surface area contributed by atoms with Crippen LogP contribution in [0.4, 0.5) is 4.79 Å². The Morgan fingerprint density at radius 3 is 2.57 bits per heavy atom. The number of aromatic nitrogens is 4. The van der Waals surface area contributed by atoms with Gasteiger partial charge in [-0.2, -0.15) is 10.1 Å². The fraction of sp³-hybridized carbons (Fsp3) is 0.0526. The van der Waals surface area contributed by atoms with Gasteiger partial charge in [0.2, 0.25) is 11.7 Å². The highest BCUT2D eigenvalue weighted by molar-refractivity contribution is 5.80. The minimum absolute atomic E-state index is 0.00966. The summed E-state index contributed by atoms with van der Waals surface area (Å²) in [6.45, 7) is 0. The van der Waals surface area contributed by atoms with Crippen molar-refractivity contribution in [3.05, 3.63) is 61.1 Å².